The third kappa shape index (κ3) is 3.47. The summed E-state index contributed by atoms with van der Waals surface area (Å²) in [7, 11) is 0. The van der Waals surface area contributed by atoms with Gasteiger partial charge in [-0.2, -0.15) is 0 Å². The molecule has 0 saturated carbocycles. The highest BCUT2D eigenvalue weighted by atomic mass is 79.9. The molecule has 1 N–H and O–H groups in total. The zero-order valence-corrected chi connectivity index (χ0v) is 11.8. The molecule has 0 fully saturated rings. The smallest absolute Gasteiger partial charge is 0.161 e. The summed E-state index contributed by atoms with van der Waals surface area (Å²) >= 11 is 3.33. The highest BCUT2D eigenvalue weighted by Crippen LogP contribution is 2.24. The summed E-state index contributed by atoms with van der Waals surface area (Å²) in [6, 6.07) is 3.23. The van der Waals surface area contributed by atoms with E-state index in [2.05, 4.69) is 31.2 Å². The van der Waals surface area contributed by atoms with Gasteiger partial charge in [-0.25, -0.2) is 18.7 Å². The molecule has 2 aromatic rings. The van der Waals surface area contributed by atoms with E-state index < -0.39 is 11.6 Å². The van der Waals surface area contributed by atoms with Crippen molar-refractivity contribution >= 4 is 21.7 Å². The molecule has 100 valence electrons. The summed E-state index contributed by atoms with van der Waals surface area (Å²) in [6.45, 7) is 2.79. The molecule has 3 nitrogen and oxygen atoms in total. The van der Waals surface area contributed by atoms with Gasteiger partial charge in [0.15, 0.2) is 5.82 Å². The van der Waals surface area contributed by atoms with Gasteiger partial charge in [0.1, 0.15) is 17.5 Å². The van der Waals surface area contributed by atoms with Crippen LogP contribution in [0.4, 0.5) is 14.6 Å². The van der Waals surface area contributed by atoms with Gasteiger partial charge in [-0.1, -0.05) is 6.92 Å². The molecule has 0 saturated heterocycles. The third-order valence-corrected chi connectivity index (χ3v) is 2.99. The molecule has 0 unspecified atom stereocenters. The minimum Gasteiger partial charge on any atom is -0.369 e. The van der Waals surface area contributed by atoms with E-state index in [0.717, 1.165) is 19.0 Å². The van der Waals surface area contributed by atoms with Crippen LogP contribution in [0.1, 0.15) is 13.3 Å². The molecule has 0 aliphatic rings. The molecule has 0 bridgehead atoms. The second kappa shape index (κ2) is 6.06. The number of rotatable bonds is 4. The van der Waals surface area contributed by atoms with Crippen molar-refractivity contribution in [3.05, 3.63) is 40.5 Å². The lowest BCUT2D eigenvalue weighted by atomic mass is 10.2. The van der Waals surface area contributed by atoms with Gasteiger partial charge in [0.25, 0.3) is 0 Å². The average Bonchev–Trinajstić information content (AvgIpc) is 2.36. The van der Waals surface area contributed by atoms with Gasteiger partial charge in [-0.05, 0) is 34.5 Å². The fourth-order valence-electron chi connectivity index (χ4n) is 1.56. The lowest BCUT2D eigenvalue weighted by Gasteiger charge is -2.08. The van der Waals surface area contributed by atoms with Crippen molar-refractivity contribution in [1.82, 2.24) is 9.97 Å². The van der Waals surface area contributed by atoms with Gasteiger partial charge in [-0.15, -0.1) is 0 Å². The Kier molecular flexibility index (Phi) is 4.42. The van der Waals surface area contributed by atoms with Crippen LogP contribution >= 0.6 is 15.9 Å². The summed E-state index contributed by atoms with van der Waals surface area (Å²) in [6.07, 6.45) is 2.50. The second-order valence-corrected chi connectivity index (χ2v) is 4.83. The van der Waals surface area contributed by atoms with Crippen LogP contribution < -0.4 is 5.32 Å². The van der Waals surface area contributed by atoms with Crippen LogP contribution in [0.15, 0.2) is 28.9 Å². The first-order valence-electron chi connectivity index (χ1n) is 5.83. The van der Waals surface area contributed by atoms with Gasteiger partial charge in [-0.3, -0.25) is 0 Å². The first kappa shape index (κ1) is 13.9. The van der Waals surface area contributed by atoms with Crippen molar-refractivity contribution in [2.75, 3.05) is 11.9 Å². The monoisotopic (exact) mass is 327 g/mol. The van der Waals surface area contributed by atoms with Crippen LogP contribution in [0.25, 0.3) is 11.4 Å². The van der Waals surface area contributed by atoms with Crippen molar-refractivity contribution < 1.29 is 8.78 Å². The van der Waals surface area contributed by atoms with E-state index in [0.29, 0.717) is 15.9 Å². The van der Waals surface area contributed by atoms with E-state index in [9.17, 15) is 8.78 Å². The van der Waals surface area contributed by atoms with Crippen LogP contribution in [0.5, 0.6) is 0 Å². The summed E-state index contributed by atoms with van der Waals surface area (Å²) in [5.41, 5.74) is 0.310. The van der Waals surface area contributed by atoms with Gasteiger partial charge in [0, 0.05) is 24.4 Å². The van der Waals surface area contributed by atoms with E-state index in [4.69, 9.17) is 0 Å². The molecule has 0 aliphatic carbocycles. The first-order chi connectivity index (χ1) is 9.10. The van der Waals surface area contributed by atoms with Crippen molar-refractivity contribution in [3.8, 4) is 11.4 Å². The number of benzene rings is 1. The third-order valence-electron chi connectivity index (χ3n) is 2.41. The molecule has 1 heterocycles. The highest BCUT2D eigenvalue weighted by Gasteiger charge is 2.09. The van der Waals surface area contributed by atoms with Crippen LogP contribution in [-0.4, -0.2) is 16.5 Å². The molecular weight excluding hydrogens is 316 g/mol. The molecule has 2 rings (SSSR count). The first-order valence-corrected chi connectivity index (χ1v) is 6.62. The van der Waals surface area contributed by atoms with Crippen LogP contribution in [0, 0.1) is 11.6 Å². The van der Waals surface area contributed by atoms with E-state index >= 15 is 0 Å². The number of nitrogens with one attached hydrogen (secondary N) is 1. The Morgan fingerprint density at radius 1 is 1.21 bits per heavy atom. The number of aromatic nitrogens is 2. The van der Waals surface area contributed by atoms with Crippen molar-refractivity contribution in [3.63, 3.8) is 0 Å². The molecule has 19 heavy (non-hydrogen) atoms. The molecule has 0 aliphatic heterocycles. The minimum atomic E-state index is -0.649. The quantitative estimate of drug-likeness (QED) is 0.922. The van der Waals surface area contributed by atoms with E-state index in [1.165, 1.54) is 12.1 Å². The summed E-state index contributed by atoms with van der Waals surface area (Å²) in [5.74, 6) is -0.411. The molecule has 6 heteroatoms. The van der Waals surface area contributed by atoms with Gasteiger partial charge in [0.05, 0.1) is 4.47 Å². The average molecular weight is 328 g/mol. The van der Waals surface area contributed by atoms with Crippen molar-refractivity contribution in [1.29, 1.82) is 0 Å². The highest BCUT2D eigenvalue weighted by molar-refractivity contribution is 9.10. The summed E-state index contributed by atoms with van der Waals surface area (Å²) in [4.78, 5) is 8.33. The molecule has 0 amide bonds. The molecule has 0 atom stereocenters. The Morgan fingerprint density at radius 3 is 2.53 bits per heavy atom. The lowest BCUT2D eigenvalue weighted by molar-refractivity contribution is 0.584. The van der Waals surface area contributed by atoms with Gasteiger partial charge in [0.2, 0.25) is 0 Å². The van der Waals surface area contributed by atoms with Gasteiger partial charge < -0.3 is 5.32 Å². The number of nitrogens with zero attached hydrogens (tertiary/aromatic N) is 2. The SMILES string of the molecule is CCCNc1nc(-c2cc(F)cc(F)c2)ncc1Br. The Labute approximate surface area is 118 Å². The van der Waals surface area contributed by atoms with E-state index in [-0.39, 0.29) is 5.82 Å². The zero-order valence-electron chi connectivity index (χ0n) is 10.3. The lowest BCUT2D eigenvalue weighted by Crippen LogP contribution is -2.04. The largest absolute Gasteiger partial charge is 0.369 e. The fraction of sp³-hybridized carbons (Fsp3) is 0.231. The summed E-state index contributed by atoms with van der Waals surface area (Å²) < 4.78 is 27.1. The number of hydrogen-bond donors (Lipinski definition) is 1. The number of anilines is 1. The molecule has 0 spiro atoms. The standard InChI is InChI=1S/C13H12BrF2N3/c1-2-3-17-13-11(14)7-18-12(19-13)8-4-9(15)6-10(16)5-8/h4-7H,2-3H2,1H3,(H,17,18,19). The van der Waals surface area contributed by atoms with Crippen molar-refractivity contribution in [2.45, 2.75) is 13.3 Å². The molecule has 1 aromatic heterocycles. The predicted octanol–water partition coefficient (Wildman–Crippen LogP) is 4.01. The Hall–Kier alpha value is -1.56. The van der Waals surface area contributed by atoms with E-state index in [1.54, 1.807) is 6.20 Å². The maximum atomic E-state index is 13.2. The maximum Gasteiger partial charge on any atom is 0.161 e. The Balaban J connectivity index is 2.39. The van der Waals surface area contributed by atoms with Crippen LogP contribution in [0.2, 0.25) is 0 Å². The molecule has 1 aromatic carbocycles. The predicted molar refractivity (Wildman–Crippen MR) is 73.9 cm³/mol. The molecule has 0 radical (unpaired) electrons. The Morgan fingerprint density at radius 2 is 1.89 bits per heavy atom. The Bertz CT molecular complexity index is 570. The fourth-order valence-corrected chi connectivity index (χ4v) is 1.89. The molecular formula is C13H12BrF2N3. The second-order valence-electron chi connectivity index (χ2n) is 3.98. The minimum absolute atomic E-state index is 0.278. The van der Waals surface area contributed by atoms with E-state index in [1.807, 2.05) is 6.92 Å². The normalized spacial score (nSPS) is 10.5. The van der Waals surface area contributed by atoms with Crippen LogP contribution in [0.3, 0.4) is 0 Å². The number of hydrogen-bond acceptors (Lipinski definition) is 3. The summed E-state index contributed by atoms with van der Waals surface area (Å²) in [5, 5.41) is 3.12. The topological polar surface area (TPSA) is 37.8 Å². The zero-order chi connectivity index (χ0) is 13.8. The number of halogens is 3. The van der Waals surface area contributed by atoms with Crippen LogP contribution in [-0.2, 0) is 0 Å². The van der Waals surface area contributed by atoms with Crippen molar-refractivity contribution in [2.24, 2.45) is 0 Å². The maximum absolute atomic E-state index is 13.2. The van der Waals surface area contributed by atoms with Gasteiger partial charge >= 0.3 is 0 Å².